The van der Waals surface area contributed by atoms with Gasteiger partial charge in [0.15, 0.2) is 0 Å². The molecule has 0 saturated carbocycles. The number of hydrogen-bond acceptors (Lipinski definition) is 4. The maximum atomic E-state index is 13.2. The lowest BCUT2D eigenvalue weighted by Gasteiger charge is -2.09. The number of benzene rings is 2. The Kier molecular flexibility index (Phi) is 10.6. The molecule has 0 aliphatic rings. The van der Waals surface area contributed by atoms with Crippen molar-refractivity contribution >= 4 is 27.2 Å². The lowest BCUT2D eigenvalue weighted by molar-refractivity contribution is -0.137. The van der Waals surface area contributed by atoms with Gasteiger partial charge in [0.1, 0.15) is 0 Å². The van der Waals surface area contributed by atoms with Gasteiger partial charge < -0.3 is 5.32 Å². The van der Waals surface area contributed by atoms with Gasteiger partial charge >= 0.3 is 6.18 Å². The minimum Gasteiger partial charge on any atom is -0.322 e. The molecule has 1 N–H and O–H groups in total. The number of nitrogens with one attached hydrogen (secondary N) is 1. The average Bonchev–Trinajstić information content (AvgIpc) is 2.94. The summed E-state index contributed by atoms with van der Waals surface area (Å²) in [6.45, 7) is 3.99. The second-order valence-corrected chi connectivity index (χ2v) is 11.7. The van der Waals surface area contributed by atoms with Crippen LogP contribution in [0.1, 0.15) is 76.9 Å². The number of halogens is 3. The van der Waals surface area contributed by atoms with Crippen molar-refractivity contribution in [2.24, 2.45) is 4.36 Å². The first-order chi connectivity index (χ1) is 19.0. The van der Waals surface area contributed by atoms with Crippen LogP contribution in [0, 0.1) is 11.8 Å². The molecule has 10 heteroatoms. The summed E-state index contributed by atoms with van der Waals surface area (Å²) >= 11 is 0. The van der Waals surface area contributed by atoms with E-state index in [1.54, 1.807) is 24.3 Å². The number of aromatic nitrogens is 1. The highest BCUT2D eigenvalue weighted by Crippen LogP contribution is 2.29. The molecule has 0 radical (unpaired) electrons. The molecule has 0 aliphatic heterocycles. The lowest BCUT2D eigenvalue weighted by atomic mass is 10.1. The van der Waals surface area contributed by atoms with Gasteiger partial charge in [-0.15, -0.1) is 0 Å². The molecule has 3 rings (SSSR count). The Balaban J connectivity index is 1.77. The molecular formula is C30H30F3N3O3S. The van der Waals surface area contributed by atoms with E-state index in [1.165, 1.54) is 30.6 Å². The highest BCUT2D eigenvalue weighted by molar-refractivity contribution is 7.93. The fourth-order valence-electron chi connectivity index (χ4n) is 3.62. The molecule has 2 amide bonds. The van der Waals surface area contributed by atoms with E-state index in [2.05, 4.69) is 26.5 Å². The fourth-order valence-corrected chi connectivity index (χ4v) is 5.90. The van der Waals surface area contributed by atoms with Crippen LogP contribution in [-0.4, -0.2) is 32.5 Å². The Labute approximate surface area is 232 Å². The molecule has 6 nitrogen and oxygen atoms in total. The van der Waals surface area contributed by atoms with Crippen LogP contribution < -0.4 is 5.32 Å². The topological polar surface area (TPSA) is 88.5 Å². The number of hydrogen-bond donors (Lipinski definition) is 1. The molecule has 1 heterocycles. The Hall–Kier alpha value is -3.97. The number of alkyl halides is 3. The highest BCUT2D eigenvalue weighted by Gasteiger charge is 2.30. The number of carbonyl (C=O) groups is 2. The Morgan fingerprint density at radius 1 is 0.900 bits per heavy atom. The third-order valence-electron chi connectivity index (χ3n) is 5.79. The van der Waals surface area contributed by atoms with Crippen LogP contribution in [-0.2, 0) is 15.9 Å². The Morgan fingerprint density at radius 3 is 2.25 bits per heavy atom. The van der Waals surface area contributed by atoms with Crippen LogP contribution in [0.2, 0.25) is 0 Å². The van der Waals surface area contributed by atoms with Crippen molar-refractivity contribution in [2.45, 2.75) is 45.7 Å². The Morgan fingerprint density at radius 2 is 1.57 bits per heavy atom. The summed E-state index contributed by atoms with van der Waals surface area (Å²) in [6.07, 6.45) is 1.45. The lowest BCUT2D eigenvalue weighted by Crippen LogP contribution is -2.14. The van der Waals surface area contributed by atoms with Gasteiger partial charge in [-0.05, 0) is 55.3 Å². The number of anilines is 1. The van der Waals surface area contributed by atoms with E-state index in [9.17, 15) is 27.0 Å². The van der Waals surface area contributed by atoms with Crippen LogP contribution in [0.15, 0.2) is 71.4 Å². The van der Waals surface area contributed by atoms with Crippen molar-refractivity contribution in [3.05, 3.63) is 94.8 Å². The van der Waals surface area contributed by atoms with Crippen molar-refractivity contribution in [1.29, 1.82) is 0 Å². The van der Waals surface area contributed by atoms with Crippen LogP contribution in [0.4, 0.5) is 18.9 Å². The zero-order valence-electron chi connectivity index (χ0n) is 22.3. The first-order valence-electron chi connectivity index (χ1n) is 12.9. The van der Waals surface area contributed by atoms with Crippen molar-refractivity contribution in [2.75, 3.05) is 16.8 Å². The maximum absolute atomic E-state index is 13.2. The standard InChI is InChI=1S/C30H30F3N3O3S/c1-3-5-15-40(39,16-6-4-2)36-29(38)25-17-23(20-34-21-25)14-13-22-9-7-12-27(18-22)35-28(37)24-10-8-11-26(19-24)30(31,32)33/h7-12,17-21H,3-6,15-16H2,1-2H3,(H,35,37). The molecular weight excluding hydrogens is 539 g/mol. The SMILES string of the molecule is CCCCS(=O)(CCCC)=NC(=O)c1cncc(C#Cc2cccc(NC(=O)c3cccc(C(F)(F)F)c3)c2)c1. The molecule has 0 unspecified atom stereocenters. The van der Waals surface area contributed by atoms with Crippen LogP contribution in [0.5, 0.6) is 0 Å². The van der Waals surface area contributed by atoms with E-state index in [0.717, 1.165) is 37.8 Å². The van der Waals surface area contributed by atoms with Gasteiger partial charge in [0.2, 0.25) is 0 Å². The summed E-state index contributed by atoms with van der Waals surface area (Å²) in [6, 6.07) is 12.2. The minimum atomic E-state index is -4.56. The van der Waals surface area contributed by atoms with Crippen molar-refractivity contribution < 1.29 is 27.0 Å². The number of pyridine rings is 1. The molecule has 0 saturated heterocycles. The van der Waals surface area contributed by atoms with Gasteiger partial charge in [-0.3, -0.25) is 14.6 Å². The normalized spacial score (nSPS) is 11.3. The van der Waals surface area contributed by atoms with E-state index in [-0.39, 0.29) is 11.1 Å². The van der Waals surface area contributed by atoms with Crippen molar-refractivity contribution in [3.63, 3.8) is 0 Å². The predicted molar refractivity (Wildman–Crippen MR) is 151 cm³/mol. The van der Waals surface area contributed by atoms with E-state index in [0.29, 0.717) is 28.3 Å². The first kappa shape index (κ1) is 30.6. The smallest absolute Gasteiger partial charge is 0.322 e. The monoisotopic (exact) mass is 569 g/mol. The second kappa shape index (κ2) is 13.9. The zero-order valence-corrected chi connectivity index (χ0v) is 23.1. The molecule has 210 valence electrons. The number of amides is 2. The van der Waals surface area contributed by atoms with E-state index in [4.69, 9.17) is 0 Å². The zero-order chi connectivity index (χ0) is 29.2. The largest absolute Gasteiger partial charge is 0.416 e. The number of rotatable bonds is 9. The van der Waals surface area contributed by atoms with Gasteiger partial charge in [0.25, 0.3) is 11.8 Å². The Bertz CT molecular complexity index is 1530. The maximum Gasteiger partial charge on any atom is 0.416 e. The van der Waals surface area contributed by atoms with Crippen molar-refractivity contribution in [1.82, 2.24) is 4.98 Å². The van der Waals surface area contributed by atoms with Gasteiger partial charge in [-0.1, -0.05) is 50.7 Å². The average molecular weight is 570 g/mol. The highest BCUT2D eigenvalue weighted by atomic mass is 32.2. The minimum absolute atomic E-state index is 0.127. The molecule has 0 fully saturated rings. The number of nitrogens with zero attached hydrogens (tertiary/aromatic N) is 2. The molecule has 40 heavy (non-hydrogen) atoms. The van der Waals surface area contributed by atoms with Gasteiger partial charge in [0.05, 0.1) is 20.9 Å². The van der Waals surface area contributed by atoms with Gasteiger partial charge in [0, 0.05) is 46.3 Å². The van der Waals surface area contributed by atoms with Crippen LogP contribution in [0.3, 0.4) is 0 Å². The molecule has 0 atom stereocenters. The molecule has 2 aromatic carbocycles. The number of carbonyl (C=O) groups excluding carboxylic acids is 2. The second-order valence-electron chi connectivity index (χ2n) is 9.11. The third kappa shape index (κ3) is 9.06. The summed E-state index contributed by atoms with van der Waals surface area (Å²) in [4.78, 5) is 29.4. The summed E-state index contributed by atoms with van der Waals surface area (Å²) in [5, 5.41) is 2.58. The van der Waals surface area contributed by atoms with Gasteiger partial charge in [-0.2, -0.15) is 17.5 Å². The summed E-state index contributed by atoms with van der Waals surface area (Å²) < 4.78 is 56.3. The molecule has 3 aromatic rings. The molecule has 0 spiro atoms. The van der Waals surface area contributed by atoms with E-state index < -0.39 is 33.3 Å². The first-order valence-corrected chi connectivity index (χ1v) is 14.7. The molecule has 1 aromatic heterocycles. The van der Waals surface area contributed by atoms with E-state index >= 15 is 0 Å². The third-order valence-corrected chi connectivity index (χ3v) is 8.14. The fraction of sp³-hybridized carbons (Fsp3) is 0.300. The number of unbranched alkanes of at least 4 members (excludes halogenated alkanes) is 2. The molecule has 0 bridgehead atoms. The summed E-state index contributed by atoms with van der Waals surface area (Å²) in [7, 11) is -2.65. The summed E-state index contributed by atoms with van der Waals surface area (Å²) in [5.74, 6) is 5.31. The van der Waals surface area contributed by atoms with Crippen LogP contribution >= 0.6 is 0 Å². The molecule has 0 aliphatic carbocycles. The van der Waals surface area contributed by atoms with Gasteiger partial charge in [-0.25, -0.2) is 4.21 Å². The quantitative estimate of drug-likeness (QED) is 0.282. The summed E-state index contributed by atoms with van der Waals surface area (Å²) in [5.41, 5.74) is 0.459. The van der Waals surface area contributed by atoms with Crippen LogP contribution in [0.25, 0.3) is 0 Å². The predicted octanol–water partition coefficient (Wildman–Crippen LogP) is 6.96. The van der Waals surface area contributed by atoms with Crippen molar-refractivity contribution in [3.8, 4) is 11.8 Å². The van der Waals surface area contributed by atoms with E-state index in [1.807, 2.05) is 13.8 Å².